The lowest BCUT2D eigenvalue weighted by Gasteiger charge is -2.28. The number of rotatable bonds is 4. The fraction of sp³-hybridized carbons (Fsp3) is 0.875. The minimum absolute atomic E-state index is 0. The largest absolute Gasteiger partial charge is 0.444 e. The van der Waals surface area contributed by atoms with Crippen molar-refractivity contribution < 1.29 is 9.53 Å². The maximum absolute atomic E-state index is 11.8. The van der Waals surface area contributed by atoms with Crippen molar-refractivity contribution in [3.8, 4) is 0 Å². The van der Waals surface area contributed by atoms with Crippen LogP contribution in [-0.4, -0.2) is 35.8 Å². The van der Waals surface area contributed by atoms with Gasteiger partial charge in [0, 0.05) is 6.04 Å². The number of ether oxygens (including phenoxy) is 1. The van der Waals surface area contributed by atoms with Gasteiger partial charge < -0.3 is 21.1 Å². The minimum atomic E-state index is -0.513. The monoisotopic (exact) mass is 440 g/mol. The number of nitrogens with one attached hydrogen (secondary N) is 2. The van der Waals surface area contributed by atoms with E-state index in [0.29, 0.717) is 18.5 Å². The molecule has 0 aromatic carbocycles. The van der Waals surface area contributed by atoms with Crippen LogP contribution in [0.4, 0.5) is 4.79 Å². The Morgan fingerprint density at radius 3 is 2.26 bits per heavy atom. The number of halogens is 1. The lowest BCUT2D eigenvalue weighted by molar-refractivity contribution is 0.0476. The zero-order chi connectivity index (χ0) is 16.8. The number of amides is 1. The highest BCUT2D eigenvalue weighted by atomic mass is 127. The summed E-state index contributed by atoms with van der Waals surface area (Å²) < 4.78 is 5.26. The van der Waals surface area contributed by atoms with Crippen molar-refractivity contribution >= 4 is 36.0 Å². The molecule has 1 rings (SSSR count). The summed E-state index contributed by atoms with van der Waals surface area (Å²) in [7, 11) is 0. The van der Waals surface area contributed by atoms with E-state index in [4.69, 9.17) is 10.5 Å². The fourth-order valence-electron chi connectivity index (χ4n) is 2.40. The van der Waals surface area contributed by atoms with Gasteiger partial charge in [-0.25, -0.2) is 4.79 Å². The van der Waals surface area contributed by atoms with Crippen molar-refractivity contribution in [3.63, 3.8) is 0 Å². The molecule has 0 radical (unpaired) electrons. The van der Waals surface area contributed by atoms with Crippen LogP contribution in [0.5, 0.6) is 0 Å². The van der Waals surface area contributed by atoms with E-state index in [-0.39, 0.29) is 24.0 Å². The predicted molar refractivity (Wildman–Crippen MR) is 105 cm³/mol. The van der Waals surface area contributed by atoms with Crippen LogP contribution in [0.25, 0.3) is 0 Å². The molecule has 1 amide bonds. The Morgan fingerprint density at radius 2 is 1.74 bits per heavy atom. The molecule has 1 aliphatic rings. The fourth-order valence-corrected chi connectivity index (χ4v) is 2.40. The Labute approximate surface area is 157 Å². The number of alkyl carbamates (subject to hydrolysis) is 1. The van der Waals surface area contributed by atoms with E-state index in [9.17, 15) is 4.79 Å². The van der Waals surface area contributed by atoms with Gasteiger partial charge in [-0.15, -0.1) is 24.0 Å². The third-order valence-corrected chi connectivity index (χ3v) is 3.44. The van der Waals surface area contributed by atoms with Gasteiger partial charge in [0.15, 0.2) is 5.96 Å². The Morgan fingerprint density at radius 1 is 1.17 bits per heavy atom. The highest BCUT2D eigenvalue weighted by Gasteiger charge is 2.24. The molecule has 0 saturated heterocycles. The quantitative estimate of drug-likeness (QED) is 0.356. The molecular weight excluding hydrogens is 407 g/mol. The molecule has 0 bridgehead atoms. The summed E-state index contributed by atoms with van der Waals surface area (Å²) >= 11 is 0. The van der Waals surface area contributed by atoms with E-state index in [2.05, 4.69) is 15.6 Å². The summed E-state index contributed by atoms with van der Waals surface area (Å²) in [5, 5.41) is 6.09. The number of hydrogen-bond donors (Lipinski definition) is 3. The molecule has 0 unspecified atom stereocenters. The van der Waals surface area contributed by atoms with Gasteiger partial charge in [-0.1, -0.05) is 19.3 Å². The summed E-state index contributed by atoms with van der Waals surface area (Å²) in [5.41, 5.74) is 4.92. The Hall–Kier alpha value is -0.730. The Balaban J connectivity index is 0.00000484. The van der Waals surface area contributed by atoms with Gasteiger partial charge in [-0.3, -0.25) is 4.99 Å². The highest BCUT2D eigenvalue weighted by Crippen LogP contribution is 2.17. The zero-order valence-electron chi connectivity index (χ0n) is 15.1. The van der Waals surface area contributed by atoms with Crippen molar-refractivity contribution in [3.05, 3.63) is 0 Å². The standard InChI is InChI=1S/C16H32N4O2.HI/c1-15(2,3)22-14(21)20-16(4,5)11-18-13(17)19-12-9-7-6-8-10-12;/h12H,6-11H2,1-5H3,(H,20,21)(H3,17,18,19);1H. The van der Waals surface area contributed by atoms with Gasteiger partial charge in [-0.05, 0) is 47.5 Å². The van der Waals surface area contributed by atoms with Crippen molar-refractivity contribution in [1.82, 2.24) is 10.6 Å². The molecule has 7 heteroatoms. The average Bonchev–Trinajstić information content (AvgIpc) is 2.34. The second-order valence-corrected chi connectivity index (χ2v) is 7.69. The zero-order valence-corrected chi connectivity index (χ0v) is 17.4. The topological polar surface area (TPSA) is 88.7 Å². The molecule has 0 aromatic rings. The molecule has 0 atom stereocenters. The first kappa shape index (κ1) is 22.3. The maximum atomic E-state index is 11.8. The maximum Gasteiger partial charge on any atom is 0.408 e. The Bertz CT molecular complexity index is 399. The number of guanidine groups is 1. The summed E-state index contributed by atoms with van der Waals surface area (Å²) in [6.45, 7) is 9.71. The number of aliphatic imine (C=N–C) groups is 1. The van der Waals surface area contributed by atoms with E-state index in [1.54, 1.807) is 0 Å². The molecule has 23 heavy (non-hydrogen) atoms. The van der Waals surface area contributed by atoms with Crippen molar-refractivity contribution in [2.24, 2.45) is 10.7 Å². The molecule has 6 nitrogen and oxygen atoms in total. The number of nitrogens with zero attached hydrogens (tertiary/aromatic N) is 1. The SMILES string of the molecule is CC(C)(CN=C(N)NC1CCCCC1)NC(=O)OC(C)(C)C.I. The molecule has 0 aliphatic heterocycles. The van der Waals surface area contributed by atoms with Crippen LogP contribution in [-0.2, 0) is 4.74 Å². The number of nitrogens with two attached hydrogens (primary N) is 1. The molecule has 0 heterocycles. The highest BCUT2D eigenvalue weighted by molar-refractivity contribution is 14.0. The summed E-state index contributed by atoms with van der Waals surface area (Å²) in [5.74, 6) is 0.450. The number of carbonyl (C=O) groups is 1. The number of hydrogen-bond acceptors (Lipinski definition) is 3. The van der Waals surface area contributed by atoms with Crippen LogP contribution in [0.1, 0.15) is 66.7 Å². The molecule has 1 saturated carbocycles. The van der Waals surface area contributed by atoms with Crippen LogP contribution in [0.3, 0.4) is 0 Å². The first-order valence-electron chi connectivity index (χ1n) is 8.15. The molecule has 4 N–H and O–H groups in total. The van der Waals surface area contributed by atoms with E-state index < -0.39 is 17.2 Å². The van der Waals surface area contributed by atoms with Crippen molar-refractivity contribution in [2.45, 2.75) is 83.9 Å². The summed E-state index contributed by atoms with van der Waals surface area (Å²) in [6.07, 6.45) is 5.66. The second kappa shape index (κ2) is 9.54. The van der Waals surface area contributed by atoms with E-state index in [1.807, 2.05) is 34.6 Å². The van der Waals surface area contributed by atoms with Gasteiger partial charge in [0.1, 0.15) is 5.60 Å². The van der Waals surface area contributed by atoms with Crippen molar-refractivity contribution in [2.75, 3.05) is 6.54 Å². The van der Waals surface area contributed by atoms with Gasteiger partial charge in [0.2, 0.25) is 0 Å². The van der Waals surface area contributed by atoms with E-state index in [1.165, 1.54) is 19.3 Å². The van der Waals surface area contributed by atoms with Crippen LogP contribution in [0.15, 0.2) is 4.99 Å². The first-order chi connectivity index (χ1) is 10.1. The number of carbonyl (C=O) groups excluding carboxylic acids is 1. The average molecular weight is 440 g/mol. The molecule has 0 aromatic heterocycles. The van der Waals surface area contributed by atoms with Gasteiger partial charge in [-0.2, -0.15) is 0 Å². The van der Waals surface area contributed by atoms with E-state index >= 15 is 0 Å². The third-order valence-electron chi connectivity index (χ3n) is 3.44. The van der Waals surface area contributed by atoms with Crippen molar-refractivity contribution in [1.29, 1.82) is 0 Å². The minimum Gasteiger partial charge on any atom is -0.444 e. The first-order valence-corrected chi connectivity index (χ1v) is 8.15. The van der Waals surface area contributed by atoms with Gasteiger partial charge in [0.05, 0.1) is 12.1 Å². The third kappa shape index (κ3) is 10.6. The molecule has 1 aliphatic carbocycles. The normalized spacial score (nSPS) is 17.2. The molecule has 136 valence electrons. The molecular formula is C16H33IN4O2. The van der Waals surface area contributed by atoms with Crippen LogP contribution < -0.4 is 16.4 Å². The summed E-state index contributed by atoms with van der Waals surface area (Å²) in [6, 6.07) is 0.430. The predicted octanol–water partition coefficient (Wildman–Crippen LogP) is 3.14. The van der Waals surface area contributed by atoms with Gasteiger partial charge >= 0.3 is 6.09 Å². The lowest BCUT2D eigenvalue weighted by atomic mass is 9.96. The van der Waals surface area contributed by atoms with Crippen LogP contribution in [0.2, 0.25) is 0 Å². The molecule has 1 fully saturated rings. The summed E-state index contributed by atoms with van der Waals surface area (Å²) in [4.78, 5) is 16.2. The van der Waals surface area contributed by atoms with E-state index in [0.717, 1.165) is 12.8 Å². The van der Waals surface area contributed by atoms with Crippen LogP contribution in [0, 0.1) is 0 Å². The Kier molecular flexibility index (Phi) is 9.24. The lowest BCUT2D eigenvalue weighted by Crippen LogP contribution is -2.49. The van der Waals surface area contributed by atoms with Crippen LogP contribution >= 0.6 is 24.0 Å². The molecule has 0 spiro atoms. The second-order valence-electron chi connectivity index (χ2n) is 7.69. The smallest absolute Gasteiger partial charge is 0.408 e. The van der Waals surface area contributed by atoms with Gasteiger partial charge in [0.25, 0.3) is 0 Å².